The van der Waals surface area contributed by atoms with Gasteiger partial charge in [0.1, 0.15) is 0 Å². The lowest BCUT2D eigenvalue weighted by Gasteiger charge is -2.31. The number of nitrogens with zero attached hydrogens (tertiary/aromatic N) is 1. The molecule has 174 valence electrons. The third kappa shape index (κ3) is 5.24. The van der Waals surface area contributed by atoms with Crippen LogP contribution in [0.1, 0.15) is 70.1 Å². The number of piperidine rings is 1. The number of benzene rings is 2. The Bertz CT molecular complexity index is 1060. The molecule has 1 amide bonds. The highest BCUT2D eigenvalue weighted by molar-refractivity contribution is 7.89. The Balaban J connectivity index is 1.67. The molecular formula is C26H36N2O3S. The summed E-state index contributed by atoms with van der Waals surface area (Å²) in [5.41, 5.74) is 4.13. The molecule has 0 unspecified atom stereocenters. The van der Waals surface area contributed by atoms with Gasteiger partial charge in [0, 0.05) is 24.7 Å². The fraction of sp³-hybridized carbons (Fsp3) is 0.500. The summed E-state index contributed by atoms with van der Waals surface area (Å²) in [6.45, 7) is 13.2. The summed E-state index contributed by atoms with van der Waals surface area (Å²) in [5, 5.41) is 3.13. The molecule has 0 spiro atoms. The van der Waals surface area contributed by atoms with E-state index in [-0.39, 0.29) is 17.2 Å². The van der Waals surface area contributed by atoms with Crippen LogP contribution in [0.5, 0.6) is 0 Å². The number of hydrogen-bond acceptors (Lipinski definition) is 3. The van der Waals surface area contributed by atoms with Gasteiger partial charge >= 0.3 is 0 Å². The van der Waals surface area contributed by atoms with E-state index in [1.165, 1.54) is 4.31 Å². The lowest BCUT2D eigenvalue weighted by atomic mass is 9.87. The van der Waals surface area contributed by atoms with Crippen LogP contribution in [0.3, 0.4) is 0 Å². The number of nitrogens with one attached hydrogen (secondary N) is 1. The van der Waals surface area contributed by atoms with Gasteiger partial charge in [-0.1, -0.05) is 65.0 Å². The first kappa shape index (κ1) is 24.5. The van der Waals surface area contributed by atoms with Crippen LogP contribution < -0.4 is 5.32 Å². The summed E-state index contributed by atoms with van der Waals surface area (Å²) in [6.07, 6.45) is 1.04. The molecule has 3 rings (SSSR count). The molecule has 0 atom stereocenters. The normalized spacial score (nSPS) is 16.3. The summed E-state index contributed by atoms with van der Waals surface area (Å²) in [6, 6.07) is 13.2. The van der Waals surface area contributed by atoms with Gasteiger partial charge in [0.25, 0.3) is 0 Å². The smallest absolute Gasteiger partial charge is 0.243 e. The molecule has 0 aromatic heterocycles. The molecule has 0 saturated carbocycles. The van der Waals surface area contributed by atoms with Crippen molar-refractivity contribution in [1.82, 2.24) is 4.31 Å². The lowest BCUT2D eigenvalue weighted by Crippen LogP contribution is -2.41. The average molecular weight is 457 g/mol. The zero-order valence-electron chi connectivity index (χ0n) is 20.1. The Kier molecular flexibility index (Phi) is 7.15. The maximum Gasteiger partial charge on any atom is 0.243 e. The van der Waals surface area contributed by atoms with Gasteiger partial charge in [-0.15, -0.1) is 0 Å². The summed E-state index contributed by atoms with van der Waals surface area (Å²) < 4.78 is 27.7. The number of carbonyl (C=O) groups excluding carboxylic acids is 1. The summed E-state index contributed by atoms with van der Waals surface area (Å²) in [5.74, 6) is 0.0963. The first-order valence-corrected chi connectivity index (χ1v) is 12.9. The Hall–Kier alpha value is -2.18. The van der Waals surface area contributed by atoms with Crippen LogP contribution in [0.15, 0.2) is 47.4 Å². The van der Waals surface area contributed by atoms with Gasteiger partial charge in [-0.2, -0.15) is 4.31 Å². The predicted octanol–water partition coefficient (Wildman–Crippen LogP) is 5.46. The first-order valence-electron chi connectivity index (χ1n) is 11.4. The van der Waals surface area contributed by atoms with Crippen molar-refractivity contribution in [3.63, 3.8) is 0 Å². The highest BCUT2D eigenvalue weighted by Gasteiger charge is 2.32. The predicted molar refractivity (Wildman–Crippen MR) is 131 cm³/mol. The zero-order chi connectivity index (χ0) is 23.7. The monoisotopic (exact) mass is 456 g/mol. The maximum absolute atomic E-state index is 13.1. The average Bonchev–Trinajstić information content (AvgIpc) is 2.74. The molecule has 6 heteroatoms. The topological polar surface area (TPSA) is 66.5 Å². The number of sulfonamides is 1. The van der Waals surface area contributed by atoms with Crippen LogP contribution in [-0.2, 0) is 20.2 Å². The van der Waals surface area contributed by atoms with Crippen LogP contribution in [-0.4, -0.2) is 31.7 Å². The van der Waals surface area contributed by atoms with E-state index in [0.29, 0.717) is 36.7 Å². The maximum atomic E-state index is 13.1. The Labute approximate surface area is 193 Å². The van der Waals surface area contributed by atoms with E-state index >= 15 is 0 Å². The van der Waals surface area contributed by atoms with Gasteiger partial charge in [-0.3, -0.25) is 4.79 Å². The fourth-order valence-corrected chi connectivity index (χ4v) is 5.67. The second-order valence-corrected chi connectivity index (χ2v) is 12.1. The molecule has 2 aromatic carbocycles. The second kappa shape index (κ2) is 9.36. The molecule has 1 heterocycles. The van der Waals surface area contributed by atoms with Crippen molar-refractivity contribution in [3.8, 4) is 0 Å². The molecule has 0 radical (unpaired) electrons. The molecule has 1 fully saturated rings. The number of para-hydroxylation sites is 1. The van der Waals surface area contributed by atoms with Gasteiger partial charge in [0.15, 0.2) is 0 Å². The minimum Gasteiger partial charge on any atom is -0.325 e. The van der Waals surface area contributed by atoms with E-state index in [4.69, 9.17) is 0 Å². The quantitative estimate of drug-likeness (QED) is 0.650. The second-order valence-electron chi connectivity index (χ2n) is 10.1. The molecule has 0 aliphatic carbocycles. The first-order chi connectivity index (χ1) is 14.9. The van der Waals surface area contributed by atoms with Gasteiger partial charge in [0.2, 0.25) is 15.9 Å². The van der Waals surface area contributed by atoms with Crippen LogP contribution in [0.2, 0.25) is 0 Å². The van der Waals surface area contributed by atoms with E-state index in [0.717, 1.165) is 22.4 Å². The largest absolute Gasteiger partial charge is 0.325 e. The van der Waals surface area contributed by atoms with E-state index in [1.54, 1.807) is 12.1 Å². The van der Waals surface area contributed by atoms with E-state index in [9.17, 15) is 13.2 Å². The van der Waals surface area contributed by atoms with Crippen LogP contribution in [0.4, 0.5) is 5.69 Å². The lowest BCUT2D eigenvalue weighted by molar-refractivity contribution is -0.120. The van der Waals surface area contributed by atoms with Crippen molar-refractivity contribution >= 4 is 21.6 Å². The summed E-state index contributed by atoms with van der Waals surface area (Å²) in [4.78, 5) is 13.3. The Morgan fingerprint density at radius 2 is 1.62 bits per heavy atom. The van der Waals surface area contributed by atoms with Crippen LogP contribution in [0.25, 0.3) is 0 Å². The summed E-state index contributed by atoms with van der Waals surface area (Å²) in [7, 11) is -3.56. The van der Waals surface area contributed by atoms with E-state index in [2.05, 4.69) is 39.9 Å². The highest BCUT2D eigenvalue weighted by atomic mass is 32.2. The number of amides is 1. The van der Waals surface area contributed by atoms with Crippen molar-refractivity contribution in [2.24, 2.45) is 5.92 Å². The molecule has 0 bridgehead atoms. The van der Waals surface area contributed by atoms with Crippen molar-refractivity contribution in [3.05, 3.63) is 59.2 Å². The van der Waals surface area contributed by atoms with Gasteiger partial charge in [-0.05, 0) is 59.9 Å². The fourth-order valence-electron chi connectivity index (χ4n) is 4.20. The molecule has 5 nitrogen and oxygen atoms in total. The van der Waals surface area contributed by atoms with Crippen molar-refractivity contribution in [1.29, 1.82) is 0 Å². The third-order valence-electron chi connectivity index (χ3n) is 6.36. The van der Waals surface area contributed by atoms with Crippen LogP contribution in [0, 0.1) is 12.8 Å². The van der Waals surface area contributed by atoms with E-state index in [1.807, 2.05) is 37.3 Å². The standard InChI is InChI=1S/C26H36N2O3S/c1-18(2)23-9-7-8-19(3)24(23)27-25(29)20-14-16-28(17-15-20)32(30,31)22-12-10-21(11-13-22)26(4,5)6/h7-13,18,20H,14-17H2,1-6H3,(H,27,29). The van der Waals surface area contributed by atoms with Gasteiger partial charge in [-0.25, -0.2) is 8.42 Å². The van der Waals surface area contributed by atoms with Crippen LogP contribution >= 0.6 is 0 Å². The van der Waals surface area contributed by atoms with Gasteiger partial charge in [0.05, 0.1) is 4.90 Å². The molecule has 1 saturated heterocycles. The Morgan fingerprint density at radius 1 is 1.03 bits per heavy atom. The molecule has 2 aromatic rings. The van der Waals surface area contributed by atoms with Crippen molar-refractivity contribution in [2.45, 2.75) is 70.6 Å². The summed E-state index contributed by atoms with van der Waals surface area (Å²) >= 11 is 0. The van der Waals surface area contributed by atoms with Crippen molar-refractivity contribution < 1.29 is 13.2 Å². The molecule has 1 aliphatic rings. The van der Waals surface area contributed by atoms with Gasteiger partial charge < -0.3 is 5.32 Å². The number of rotatable bonds is 5. The number of aryl methyl sites for hydroxylation is 1. The van der Waals surface area contributed by atoms with E-state index < -0.39 is 10.0 Å². The number of anilines is 1. The Morgan fingerprint density at radius 3 is 2.16 bits per heavy atom. The number of hydrogen-bond donors (Lipinski definition) is 1. The molecule has 1 aliphatic heterocycles. The molecule has 1 N–H and O–H groups in total. The number of carbonyl (C=O) groups is 1. The highest BCUT2D eigenvalue weighted by Crippen LogP contribution is 2.30. The SMILES string of the molecule is Cc1cccc(C(C)C)c1NC(=O)C1CCN(S(=O)(=O)c2ccc(C(C)(C)C)cc2)CC1. The molecule has 32 heavy (non-hydrogen) atoms. The molecular weight excluding hydrogens is 420 g/mol. The van der Waals surface area contributed by atoms with Crippen molar-refractivity contribution in [2.75, 3.05) is 18.4 Å². The minimum absolute atomic E-state index is 0.0206. The third-order valence-corrected chi connectivity index (χ3v) is 8.27. The minimum atomic E-state index is -3.56. The zero-order valence-corrected chi connectivity index (χ0v) is 20.9.